The largest absolute Gasteiger partial charge is 0.464 e. The van der Waals surface area contributed by atoms with Crippen LogP contribution in [-0.2, 0) is 5.54 Å². The van der Waals surface area contributed by atoms with Gasteiger partial charge in [0.15, 0.2) is 0 Å². The summed E-state index contributed by atoms with van der Waals surface area (Å²) in [4.78, 5) is 0. The molecule has 0 bridgehead atoms. The van der Waals surface area contributed by atoms with Gasteiger partial charge in [0.1, 0.15) is 11.2 Å². The minimum atomic E-state index is -0.308. The van der Waals surface area contributed by atoms with Crippen molar-refractivity contribution in [3.05, 3.63) is 34.7 Å². The molecule has 2 aromatic heterocycles. The van der Waals surface area contributed by atoms with E-state index in [9.17, 15) is 0 Å². The van der Waals surface area contributed by atoms with E-state index in [1.165, 1.54) is 19.3 Å². The maximum absolute atomic E-state index is 6.76. The lowest BCUT2D eigenvalue weighted by molar-refractivity contribution is 0.304. The van der Waals surface area contributed by atoms with Gasteiger partial charge in [0, 0.05) is 21.9 Å². The number of halogens is 1. The zero-order valence-electron chi connectivity index (χ0n) is 11.1. The van der Waals surface area contributed by atoms with Gasteiger partial charge in [-0.3, -0.25) is 0 Å². The number of hydrogen-bond acceptors (Lipinski definition) is 3. The van der Waals surface area contributed by atoms with E-state index >= 15 is 0 Å². The van der Waals surface area contributed by atoms with E-state index in [1.54, 1.807) is 12.5 Å². The molecule has 1 saturated carbocycles. The van der Waals surface area contributed by atoms with Gasteiger partial charge >= 0.3 is 0 Å². The second kappa shape index (κ2) is 4.37. The van der Waals surface area contributed by atoms with E-state index in [-0.39, 0.29) is 5.54 Å². The highest BCUT2D eigenvalue weighted by atomic mass is 79.9. The van der Waals surface area contributed by atoms with Gasteiger partial charge in [-0.1, -0.05) is 19.3 Å². The Bertz CT molecular complexity index is 729. The lowest BCUT2D eigenvalue weighted by Crippen LogP contribution is -2.38. The Hall–Kier alpha value is -1.26. The second-order valence-electron chi connectivity index (χ2n) is 5.73. The molecule has 0 radical (unpaired) electrons. The first-order valence-electron chi connectivity index (χ1n) is 7.06. The first kappa shape index (κ1) is 12.5. The first-order chi connectivity index (χ1) is 9.71. The summed E-state index contributed by atoms with van der Waals surface area (Å²) in [5.41, 5.74) is 9.33. The molecule has 2 N–H and O–H groups in total. The van der Waals surface area contributed by atoms with E-state index in [4.69, 9.17) is 14.6 Å². The Morgan fingerprint density at radius 3 is 2.35 bits per heavy atom. The average Bonchev–Trinajstić information content (AvgIpc) is 3.08. The van der Waals surface area contributed by atoms with Gasteiger partial charge in [0.25, 0.3) is 0 Å². The van der Waals surface area contributed by atoms with Crippen molar-refractivity contribution in [3.63, 3.8) is 0 Å². The minimum absolute atomic E-state index is 0.308. The molecule has 1 aliphatic rings. The van der Waals surface area contributed by atoms with Crippen molar-refractivity contribution in [3.8, 4) is 0 Å². The minimum Gasteiger partial charge on any atom is -0.464 e. The van der Waals surface area contributed by atoms with Crippen molar-refractivity contribution in [1.29, 1.82) is 0 Å². The number of benzene rings is 1. The Morgan fingerprint density at radius 2 is 1.60 bits per heavy atom. The molecule has 0 atom stereocenters. The molecule has 20 heavy (non-hydrogen) atoms. The van der Waals surface area contributed by atoms with Crippen LogP contribution in [0.25, 0.3) is 21.9 Å². The highest BCUT2D eigenvalue weighted by Crippen LogP contribution is 2.45. The monoisotopic (exact) mass is 333 g/mol. The van der Waals surface area contributed by atoms with Gasteiger partial charge in [-0.2, -0.15) is 0 Å². The first-order valence-corrected chi connectivity index (χ1v) is 7.85. The fourth-order valence-corrected chi connectivity index (χ4v) is 4.14. The zero-order chi connectivity index (χ0) is 13.7. The van der Waals surface area contributed by atoms with Gasteiger partial charge in [0.2, 0.25) is 0 Å². The normalized spacial score (nSPS) is 18.9. The Morgan fingerprint density at radius 1 is 0.950 bits per heavy atom. The quantitative estimate of drug-likeness (QED) is 0.677. The molecular formula is C16H16BrNO2. The lowest BCUT2D eigenvalue weighted by Gasteiger charge is -2.34. The summed E-state index contributed by atoms with van der Waals surface area (Å²) in [7, 11) is 0. The van der Waals surface area contributed by atoms with E-state index in [1.807, 2.05) is 12.1 Å². The van der Waals surface area contributed by atoms with E-state index in [0.29, 0.717) is 0 Å². The summed E-state index contributed by atoms with van der Waals surface area (Å²) >= 11 is 3.62. The third kappa shape index (κ3) is 1.61. The molecule has 0 aliphatic heterocycles. The standard InChI is InChI=1S/C16H16BrNO2/c17-13-11-5-9-19-14(11)12(10-4-8-20-15(10)13)16(18)6-2-1-3-7-16/h4-5,8-9H,1-3,6-7,18H2. The summed E-state index contributed by atoms with van der Waals surface area (Å²) in [6, 6.07) is 3.97. The van der Waals surface area contributed by atoms with Crippen LogP contribution in [-0.4, -0.2) is 0 Å². The molecule has 0 unspecified atom stereocenters. The van der Waals surface area contributed by atoms with Gasteiger partial charge in [-0.25, -0.2) is 0 Å². The van der Waals surface area contributed by atoms with E-state index in [0.717, 1.165) is 44.8 Å². The van der Waals surface area contributed by atoms with Gasteiger partial charge in [0.05, 0.1) is 17.0 Å². The highest BCUT2D eigenvalue weighted by molar-refractivity contribution is 9.10. The van der Waals surface area contributed by atoms with Crippen LogP contribution in [0.2, 0.25) is 0 Å². The van der Waals surface area contributed by atoms with Crippen LogP contribution in [0.5, 0.6) is 0 Å². The van der Waals surface area contributed by atoms with Crippen molar-refractivity contribution >= 4 is 37.9 Å². The van der Waals surface area contributed by atoms with Crippen LogP contribution in [0.15, 0.2) is 38.0 Å². The van der Waals surface area contributed by atoms with Crippen LogP contribution in [0.1, 0.15) is 37.7 Å². The number of hydrogen-bond donors (Lipinski definition) is 1. The van der Waals surface area contributed by atoms with Crippen molar-refractivity contribution < 1.29 is 8.83 Å². The molecule has 1 aromatic carbocycles. The number of fused-ring (bicyclic) bond motifs is 2. The van der Waals surface area contributed by atoms with Crippen LogP contribution >= 0.6 is 15.9 Å². The predicted molar refractivity (Wildman–Crippen MR) is 82.6 cm³/mol. The Labute approximate surface area is 125 Å². The topological polar surface area (TPSA) is 52.3 Å². The summed E-state index contributed by atoms with van der Waals surface area (Å²) in [6.07, 6.45) is 9.08. The molecule has 4 rings (SSSR count). The zero-order valence-corrected chi connectivity index (χ0v) is 12.7. The second-order valence-corrected chi connectivity index (χ2v) is 6.53. The van der Waals surface area contributed by atoms with Gasteiger partial charge in [-0.05, 0) is 40.9 Å². The third-order valence-electron chi connectivity index (χ3n) is 4.51. The molecule has 3 aromatic rings. The summed E-state index contributed by atoms with van der Waals surface area (Å²) in [6.45, 7) is 0. The highest BCUT2D eigenvalue weighted by Gasteiger charge is 2.35. The summed E-state index contributed by atoms with van der Waals surface area (Å²) in [5.74, 6) is 0. The molecule has 2 heterocycles. The van der Waals surface area contributed by atoms with Gasteiger partial charge < -0.3 is 14.6 Å². The molecule has 0 saturated heterocycles. The molecule has 104 valence electrons. The lowest BCUT2D eigenvalue weighted by atomic mass is 9.76. The maximum Gasteiger partial charge on any atom is 0.149 e. The third-order valence-corrected chi connectivity index (χ3v) is 5.29. The Balaban J connectivity index is 2.11. The van der Waals surface area contributed by atoms with Gasteiger partial charge in [-0.15, -0.1) is 0 Å². The van der Waals surface area contributed by atoms with Crippen molar-refractivity contribution in [1.82, 2.24) is 0 Å². The fraction of sp³-hybridized carbons (Fsp3) is 0.375. The van der Waals surface area contributed by atoms with Crippen molar-refractivity contribution in [2.24, 2.45) is 5.73 Å². The van der Waals surface area contributed by atoms with Crippen molar-refractivity contribution in [2.45, 2.75) is 37.6 Å². The SMILES string of the molecule is NC1(c2c3ccoc3c(Br)c3ccoc23)CCCCC1. The fourth-order valence-electron chi connectivity index (χ4n) is 3.52. The molecule has 0 amide bonds. The average molecular weight is 334 g/mol. The summed E-state index contributed by atoms with van der Waals surface area (Å²) in [5, 5.41) is 2.11. The van der Waals surface area contributed by atoms with Crippen molar-refractivity contribution in [2.75, 3.05) is 0 Å². The maximum atomic E-state index is 6.76. The molecule has 3 nitrogen and oxygen atoms in total. The predicted octanol–water partition coefficient (Wildman–Crippen LogP) is 5.06. The molecule has 1 aliphatic carbocycles. The van der Waals surface area contributed by atoms with Crippen LogP contribution in [0, 0.1) is 0 Å². The van der Waals surface area contributed by atoms with Crippen LogP contribution in [0.3, 0.4) is 0 Å². The number of rotatable bonds is 1. The molecule has 0 spiro atoms. The van der Waals surface area contributed by atoms with E-state index < -0.39 is 0 Å². The molecule has 1 fully saturated rings. The molecule has 4 heteroatoms. The Kier molecular flexibility index (Phi) is 2.72. The smallest absolute Gasteiger partial charge is 0.149 e. The van der Waals surface area contributed by atoms with E-state index in [2.05, 4.69) is 15.9 Å². The molecular weight excluding hydrogens is 318 g/mol. The number of nitrogens with two attached hydrogens (primary N) is 1. The summed E-state index contributed by atoms with van der Waals surface area (Å²) < 4.78 is 12.4. The van der Waals surface area contributed by atoms with Crippen LogP contribution < -0.4 is 5.73 Å². The number of furan rings is 2. The van der Waals surface area contributed by atoms with Crippen LogP contribution in [0.4, 0.5) is 0 Å².